The molecule has 0 aromatic carbocycles. The van der Waals surface area contributed by atoms with Crippen LogP contribution in [0.25, 0.3) is 0 Å². The molecule has 0 saturated carbocycles. The summed E-state index contributed by atoms with van der Waals surface area (Å²) in [5, 5.41) is 2.93. The molecular formula is C11H23N3O. The molecule has 1 heterocycles. The van der Waals surface area contributed by atoms with Crippen LogP contribution < -0.4 is 5.32 Å². The Labute approximate surface area is 92.6 Å². The summed E-state index contributed by atoms with van der Waals surface area (Å²) >= 11 is 0. The highest BCUT2D eigenvalue weighted by Gasteiger charge is 2.12. The van der Waals surface area contributed by atoms with Gasteiger partial charge in [0.15, 0.2) is 0 Å². The molecule has 0 aromatic heterocycles. The van der Waals surface area contributed by atoms with E-state index in [4.69, 9.17) is 0 Å². The molecule has 0 atom stereocenters. The lowest BCUT2D eigenvalue weighted by Gasteiger charge is -2.14. The standard InChI is InChI=1S/C11H23N3O/c1-13(2)10-6-12-11(15)5-9-14-7-3-4-8-14/h3-10H2,1-2H3,(H,12,15). The summed E-state index contributed by atoms with van der Waals surface area (Å²) in [5.74, 6) is 0.184. The second kappa shape index (κ2) is 6.80. The molecule has 0 radical (unpaired) electrons. The van der Waals surface area contributed by atoms with Crippen molar-refractivity contribution in [3.63, 3.8) is 0 Å². The third kappa shape index (κ3) is 5.74. The van der Waals surface area contributed by atoms with Crippen LogP contribution in [0.5, 0.6) is 0 Å². The maximum atomic E-state index is 11.4. The number of amides is 1. The molecule has 0 aliphatic carbocycles. The van der Waals surface area contributed by atoms with Gasteiger partial charge in [-0.15, -0.1) is 0 Å². The van der Waals surface area contributed by atoms with Crippen molar-refractivity contribution in [2.45, 2.75) is 19.3 Å². The molecule has 0 spiro atoms. The predicted octanol–water partition coefficient (Wildman–Crippen LogP) is 0.150. The van der Waals surface area contributed by atoms with E-state index in [0.29, 0.717) is 6.42 Å². The fourth-order valence-electron chi connectivity index (χ4n) is 1.77. The van der Waals surface area contributed by atoms with Gasteiger partial charge in [-0.05, 0) is 40.0 Å². The Hall–Kier alpha value is -0.610. The molecule has 1 saturated heterocycles. The van der Waals surface area contributed by atoms with Crippen LogP contribution in [0, 0.1) is 0 Å². The minimum absolute atomic E-state index is 0.184. The minimum Gasteiger partial charge on any atom is -0.355 e. The highest BCUT2D eigenvalue weighted by molar-refractivity contribution is 5.76. The quantitative estimate of drug-likeness (QED) is 0.682. The third-order valence-corrected chi connectivity index (χ3v) is 2.73. The van der Waals surface area contributed by atoms with Crippen LogP contribution in [0.2, 0.25) is 0 Å². The summed E-state index contributed by atoms with van der Waals surface area (Å²) in [6.07, 6.45) is 3.23. The molecule has 0 aromatic rings. The number of carbonyl (C=O) groups is 1. The molecule has 4 heteroatoms. The van der Waals surface area contributed by atoms with Gasteiger partial charge < -0.3 is 15.1 Å². The summed E-state index contributed by atoms with van der Waals surface area (Å²) in [6, 6.07) is 0. The summed E-state index contributed by atoms with van der Waals surface area (Å²) < 4.78 is 0. The molecular weight excluding hydrogens is 190 g/mol. The highest BCUT2D eigenvalue weighted by Crippen LogP contribution is 2.06. The monoisotopic (exact) mass is 213 g/mol. The zero-order valence-electron chi connectivity index (χ0n) is 9.96. The summed E-state index contributed by atoms with van der Waals surface area (Å²) in [7, 11) is 4.02. The lowest BCUT2D eigenvalue weighted by Crippen LogP contribution is -2.33. The van der Waals surface area contributed by atoms with Crippen molar-refractivity contribution in [3.05, 3.63) is 0 Å². The van der Waals surface area contributed by atoms with Crippen molar-refractivity contribution >= 4 is 5.91 Å². The Kier molecular flexibility index (Phi) is 5.65. The summed E-state index contributed by atoms with van der Waals surface area (Å²) in [5.41, 5.74) is 0. The molecule has 0 bridgehead atoms. The molecule has 1 N–H and O–H groups in total. The number of nitrogens with one attached hydrogen (secondary N) is 1. The van der Waals surface area contributed by atoms with Crippen LogP contribution in [0.1, 0.15) is 19.3 Å². The van der Waals surface area contributed by atoms with Gasteiger partial charge in [0, 0.05) is 26.1 Å². The van der Waals surface area contributed by atoms with Gasteiger partial charge in [0.1, 0.15) is 0 Å². The zero-order valence-corrected chi connectivity index (χ0v) is 9.96. The molecule has 1 fully saturated rings. The fraction of sp³-hybridized carbons (Fsp3) is 0.909. The van der Waals surface area contributed by atoms with E-state index in [2.05, 4.69) is 15.1 Å². The van der Waals surface area contributed by atoms with Gasteiger partial charge in [-0.2, -0.15) is 0 Å². The normalized spacial score (nSPS) is 17.3. The lowest BCUT2D eigenvalue weighted by atomic mass is 10.3. The molecule has 4 nitrogen and oxygen atoms in total. The van der Waals surface area contributed by atoms with Gasteiger partial charge >= 0.3 is 0 Å². The van der Waals surface area contributed by atoms with Crippen molar-refractivity contribution in [3.8, 4) is 0 Å². The van der Waals surface area contributed by atoms with E-state index >= 15 is 0 Å². The number of rotatable bonds is 6. The molecule has 0 unspecified atom stereocenters. The first-order chi connectivity index (χ1) is 7.18. The van der Waals surface area contributed by atoms with Gasteiger partial charge in [-0.3, -0.25) is 4.79 Å². The summed E-state index contributed by atoms with van der Waals surface area (Å²) in [6.45, 7) is 4.94. The first-order valence-electron chi connectivity index (χ1n) is 5.82. The maximum absolute atomic E-state index is 11.4. The van der Waals surface area contributed by atoms with Gasteiger partial charge in [0.25, 0.3) is 0 Å². The first kappa shape index (κ1) is 12.5. The summed E-state index contributed by atoms with van der Waals surface area (Å²) in [4.78, 5) is 15.9. The van der Waals surface area contributed by atoms with Crippen LogP contribution in [-0.4, -0.2) is 62.5 Å². The number of hydrogen-bond acceptors (Lipinski definition) is 3. The molecule has 1 aliphatic rings. The average molecular weight is 213 g/mol. The minimum atomic E-state index is 0.184. The predicted molar refractivity (Wildman–Crippen MR) is 61.9 cm³/mol. The van der Waals surface area contributed by atoms with E-state index in [0.717, 1.165) is 19.6 Å². The van der Waals surface area contributed by atoms with Crippen molar-refractivity contribution < 1.29 is 4.79 Å². The van der Waals surface area contributed by atoms with Crippen molar-refractivity contribution in [1.82, 2.24) is 15.1 Å². The smallest absolute Gasteiger partial charge is 0.221 e. The van der Waals surface area contributed by atoms with Gasteiger partial charge in [-0.25, -0.2) is 0 Å². The Bertz CT molecular complexity index is 188. The van der Waals surface area contributed by atoms with E-state index in [1.807, 2.05) is 14.1 Å². The number of nitrogens with zero attached hydrogens (tertiary/aromatic N) is 2. The second-order valence-corrected chi connectivity index (χ2v) is 4.45. The third-order valence-electron chi connectivity index (χ3n) is 2.73. The Morgan fingerprint density at radius 1 is 1.33 bits per heavy atom. The molecule has 1 amide bonds. The van der Waals surface area contributed by atoms with Crippen LogP contribution in [0.15, 0.2) is 0 Å². The largest absolute Gasteiger partial charge is 0.355 e. The van der Waals surface area contributed by atoms with E-state index in [1.165, 1.54) is 25.9 Å². The number of likely N-dealkylation sites (N-methyl/N-ethyl adjacent to an activating group) is 1. The number of likely N-dealkylation sites (tertiary alicyclic amines) is 1. The topological polar surface area (TPSA) is 35.6 Å². The number of hydrogen-bond donors (Lipinski definition) is 1. The number of carbonyl (C=O) groups excluding carboxylic acids is 1. The van der Waals surface area contributed by atoms with E-state index in [-0.39, 0.29) is 5.91 Å². The highest BCUT2D eigenvalue weighted by atomic mass is 16.1. The zero-order chi connectivity index (χ0) is 11.1. The Morgan fingerprint density at radius 2 is 2.00 bits per heavy atom. The van der Waals surface area contributed by atoms with E-state index < -0.39 is 0 Å². The lowest BCUT2D eigenvalue weighted by molar-refractivity contribution is -0.121. The van der Waals surface area contributed by atoms with Crippen molar-refractivity contribution in [2.24, 2.45) is 0 Å². The maximum Gasteiger partial charge on any atom is 0.221 e. The average Bonchev–Trinajstić information content (AvgIpc) is 2.66. The van der Waals surface area contributed by atoms with E-state index in [1.54, 1.807) is 0 Å². The van der Waals surface area contributed by atoms with Gasteiger partial charge in [0.2, 0.25) is 5.91 Å². The molecule has 15 heavy (non-hydrogen) atoms. The van der Waals surface area contributed by atoms with Crippen LogP contribution >= 0.6 is 0 Å². The van der Waals surface area contributed by atoms with Crippen LogP contribution in [0.3, 0.4) is 0 Å². The van der Waals surface area contributed by atoms with E-state index in [9.17, 15) is 4.79 Å². The van der Waals surface area contributed by atoms with Crippen molar-refractivity contribution in [2.75, 3.05) is 46.8 Å². The SMILES string of the molecule is CN(C)CCNC(=O)CCN1CCCC1. The Balaban J connectivity index is 1.98. The van der Waals surface area contributed by atoms with Gasteiger partial charge in [0.05, 0.1) is 0 Å². The first-order valence-corrected chi connectivity index (χ1v) is 5.82. The fourth-order valence-corrected chi connectivity index (χ4v) is 1.77. The Morgan fingerprint density at radius 3 is 2.60 bits per heavy atom. The van der Waals surface area contributed by atoms with Crippen LogP contribution in [0.4, 0.5) is 0 Å². The molecule has 88 valence electrons. The van der Waals surface area contributed by atoms with Crippen LogP contribution in [-0.2, 0) is 4.79 Å². The molecule has 1 rings (SSSR count). The second-order valence-electron chi connectivity index (χ2n) is 4.45. The van der Waals surface area contributed by atoms with Crippen molar-refractivity contribution in [1.29, 1.82) is 0 Å². The molecule has 1 aliphatic heterocycles. The van der Waals surface area contributed by atoms with Gasteiger partial charge in [-0.1, -0.05) is 0 Å².